The number of aliphatic imine (C=N–C) groups is 1. The van der Waals surface area contributed by atoms with Crippen LogP contribution >= 0.6 is 11.6 Å². The Morgan fingerprint density at radius 3 is 2.44 bits per heavy atom. The van der Waals surface area contributed by atoms with Gasteiger partial charge in [0.1, 0.15) is 0 Å². The lowest BCUT2D eigenvalue weighted by molar-refractivity contribution is -0.117. The average molecular weight is 240 g/mol. The molecule has 4 N–H and O–H groups in total. The first-order valence-electron chi connectivity index (χ1n) is 4.95. The number of benzene rings is 1. The van der Waals surface area contributed by atoms with Gasteiger partial charge in [-0.05, 0) is 30.5 Å². The molecule has 0 bridgehead atoms. The van der Waals surface area contributed by atoms with Crippen molar-refractivity contribution in [3.63, 3.8) is 0 Å². The number of nitrogens with zero attached hydrogens (tertiary/aromatic N) is 1. The highest BCUT2D eigenvalue weighted by Gasteiger charge is 2.00. The summed E-state index contributed by atoms with van der Waals surface area (Å²) in [6, 6.07) is 7.53. The van der Waals surface area contributed by atoms with E-state index in [9.17, 15) is 4.79 Å². The van der Waals surface area contributed by atoms with Crippen molar-refractivity contribution in [2.75, 3.05) is 0 Å². The number of nitrogens with two attached hydrogens (primary N) is 2. The largest absolute Gasteiger partial charge is 0.370 e. The number of hydrogen-bond donors (Lipinski definition) is 2. The lowest BCUT2D eigenvalue weighted by Gasteiger charge is -2.00. The van der Waals surface area contributed by atoms with Gasteiger partial charge >= 0.3 is 0 Å². The fourth-order valence-electron chi connectivity index (χ4n) is 1.29. The standard InChI is InChI=1S/C11H14ClN3O/c12-9-6-4-8(5-7-9)2-1-3-10(16)15-11(13)14/h4-7H,1-3H2,(H4,13,14,15,16). The van der Waals surface area contributed by atoms with Gasteiger partial charge < -0.3 is 11.5 Å². The molecule has 1 aromatic carbocycles. The van der Waals surface area contributed by atoms with E-state index in [1.807, 2.05) is 24.3 Å². The number of hydrogen-bond acceptors (Lipinski definition) is 1. The normalized spacial score (nSPS) is 9.81. The van der Waals surface area contributed by atoms with Crippen molar-refractivity contribution in [1.29, 1.82) is 0 Å². The third-order valence-electron chi connectivity index (χ3n) is 2.02. The fourth-order valence-corrected chi connectivity index (χ4v) is 1.42. The summed E-state index contributed by atoms with van der Waals surface area (Å²) in [7, 11) is 0. The van der Waals surface area contributed by atoms with Gasteiger partial charge in [-0.2, -0.15) is 4.99 Å². The summed E-state index contributed by atoms with van der Waals surface area (Å²) in [4.78, 5) is 14.6. The van der Waals surface area contributed by atoms with Crippen LogP contribution in [-0.2, 0) is 11.2 Å². The molecule has 0 aliphatic rings. The molecule has 0 spiro atoms. The summed E-state index contributed by atoms with van der Waals surface area (Å²) in [5.41, 5.74) is 11.3. The molecule has 1 amide bonds. The maximum atomic E-state index is 11.1. The van der Waals surface area contributed by atoms with Crippen molar-refractivity contribution in [3.05, 3.63) is 34.9 Å². The Labute approximate surface area is 99.3 Å². The highest BCUT2D eigenvalue weighted by Crippen LogP contribution is 2.11. The zero-order chi connectivity index (χ0) is 12.0. The van der Waals surface area contributed by atoms with E-state index in [1.54, 1.807) is 0 Å². The summed E-state index contributed by atoms with van der Waals surface area (Å²) in [5, 5.41) is 0.709. The molecule has 5 heteroatoms. The zero-order valence-electron chi connectivity index (χ0n) is 8.82. The molecule has 0 heterocycles. The van der Waals surface area contributed by atoms with Crippen LogP contribution in [-0.4, -0.2) is 11.9 Å². The van der Waals surface area contributed by atoms with E-state index in [-0.39, 0.29) is 11.9 Å². The van der Waals surface area contributed by atoms with Crippen LogP contribution in [0.2, 0.25) is 5.02 Å². The number of aryl methyl sites for hydroxylation is 1. The predicted molar refractivity (Wildman–Crippen MR) is 65.2 cm³/mol. The Kier molecular flexibility index (Phi) is 4.79. The number of carbonyl (C=O) groups excluding carboxylic acids is 1. The van der Waals surface area contributed by atoms with Crippen LogP contribution < -0.4 is 11.5 Å². The number of amides is 1. The van der Waals surface area contributed by atoms with Crippen molar-refractivity contribution in [3.8, 4) is 0 Å². The lowest BCUT2D eigenvalue weighted by Crippen LogP contribution is -2.24. The molecule has 0 aliphatic carbocycles. The maximum absolute atomic E-state index is 11.1. The first-order valence-corrected chi connectivity index (χ1v) is 5.32. The van der Waals surface area contributed by atoms with E-state index in [4.69, 9.17) is 23.1 Å². The maximum Gasteiger partial charge on any atom is 0.248 e. The second-order valence-electron chi connectivity index (χ2n) is 3.41. The molecule has 0 saturated carbocycles. The molecule has 16 heavy (non-hydrogen) atoms. The first kappa shape index (κ1) is 12.5. The molecule has 0 aromatic heterocycles. The van der Waals surface area contributed by atoms with E-state index in [0.717, 1.165) is 18.4 Å². The Morgan fingerprint density at radius 2 is 1.88 bits per heavy atom. The molecule has 0 unspecified atom stereocenters. The van der Waals surface area contributed by atoms with Crippen LogP contribution in [0.1, 0.15) is 18.4 Å². The Morgan fingerprint density at radius 1 is 1.25 bits per heavy atom. The molecule has 0 radical (unpaired) electrons. The van der Waals surface area contributed by atoms with Gasteiger partial charge in [-0.3, -0.25) is 4.79 Å². The molecular weight excluding hydrogens is 226 g/mol. The van der Waals surface area contributed by atoms with Gasteiger partial charge in [-0.1, -0.05) is 23.7 Å². The molecule has 86 valence electrons. The quantitative estimate of drug-likeness (QED) is 0.617. The highest BCUT2D eigenvalue weighted by atomic mass is 35.5. The van der Waals surface area contributed by atoms with Gasteiger partial charge in [-0.15, -0.1) is 0 Å². The molecule has 4 nitrogen and oxygen atoms in total. The second kappa shape index (κ2) is 6.12. The molecule has 1 aromatic rings. The van der Waals surface area contributed by atoms with Crippen LogP contribution in [0.5, 0.6) is 0 Å². The summed E-state index contributed by atoms with van der Waals surface area (Å²) in [6.45, 7) is 0. The Hall–Kier alpha value is -1.55. The van der Waals surface area contributed by atoms with Gasteiger partial charge in [0, 0.05) is 11.4 Å². The van der Waals surface area contributed by atoms with Gasteiger partial charge in [0.05, 0.1) is 0 Å². The van der Waals surface area contributed by atoms with E-state index >= 15 is 0 Å². The zero-order valence-corrected chi connectivity index (χ0v) is 9.57. The SMILES string of the molecule is NC(N)=NC(=O)CCCc1ccc(Cl)cc1. The smallest absolute Gasteiger partial charge is 0.248 e. The third-order valence-corrected chi connectivity index (χ3v) is 2.28. The Balaban J connectivity index is 2.33. The van der Waals surface area contributed by atoms with Crippen molar-refractivity contribution in [1.82, 2.24) is 0 Å². The minimum absolute atomic E-state index is 0.184. The molecule has 0 saturated heterocycles. The average Bonchev–Trinajstić information content (AvgIpc) is 2.20. The summed E-state index contributed by atoms with van der Waals surface area (Å²) >= 11 is 5.75. The summed E-state index contributed by atoms with van der Waals surface area (Å²) < 4.78 is 0. The minimum Gasteiger partial charge on any atom is -0.370 e. The topological polar surface area (TPSA) is 81.5 Å². The molecular formula is C11H14ClN3O. The first-order chi connectivity index (χ1) is 7.58. The van der Waals surface area contributed by atoms with E-state index in [2.05, 4.69) is 4.99 Å². The number of guanidine groups is 1. The van der Waals surface area contributed by atoms with Gasteiger partial charge in [0.2, 0.25) is 5.91 Å². The number of carbonyl (C=O) groups is 1. The summed E-state index contributed by atoms with van der Waals surface area (Å²) in [6.07, 6.45) is 1.88. The monoisotopic (exact) mass is 239 g/mol. The van der Waals surface area contributed by atoms with Gasteiger partial charge in [0.25, 0.3) is 0 Å². The minimum atomic E-state index is -0.283. The predicted octanol–water partition coefficient (Wildman–Crippen LogP) is 1.46. The number of rotatable bonds is 4. The van der Waals surface area contributed by atoms with E-state index in [1.165, 1.54) is 0 Å². The van der Waals surface area contributed by atoms with Crippen molar-refractivity contribution in [2.24, 2.45) is 16.5 Å². The third kappa shape index (κ3) is 4.79. The molecule has 1 rings (SSSR count). The van der Waals surface area contributed by atoms with Crippen molar-refractivity contribution in [2.45, 2.75) is 19.3 Å². The molecule has 0 atom stereocenters. The molecule has 0 aliphatic heterocycles. The van der Waals surface area contributed by atoms with Crippen LogP contribution in [0.25, 0.3) is 0 Å². The van der Waals surface area contributed by atoms with Crippen LogP contribution in [0, 0.1) is 0 Å². The molecule has 0 fully saturated rings. The van der Waals surface area contributed by atoms with Gasteiger partial charge in [-0.25, -0.2) is 0 Å². The van der Waals surface area contributed by atoms with E-state index < -0.39 is 0 Å². The van der Waals surface area contributed by atoms with E-state index in [0.29, 0.717) is 11.4 Å². The lowest BCUT2D eigenvalue weighted by atomic mass is 10.1. The highest BCUT2D eigenvalue weighted by molar-refractivity contribution is 6.30. The number of halogens is 1. The van der Waals surface area contributed by atoms with Crippen molar-refractivity contribution >= 4 is 23.5 Å². The van der Waals surface area contributed by atoms with Gasteiger partial charge in [0.15, 0.2) is 5.96 Å². The van der Waals surface area contributed by atoms with Crippen molar-refractivity contribution < 1.29 is 4.79 Å². The summed E-state index contributed by atoms with van der Waals surface area (Å²) in [5.74, 6) is -0.467. The fraction of sp³-hybridized carbons (Fsp3) is 0.273. The van der Waals surface area contributed by atoms with Crippen LogP contribution in [0.3, 0.4) is 0 Å². The van der Waals surface area contributed by atoms with Crippen LogP contribution in [0.4, 0.5) is 0 Å². The Bertz CT molecular complexity index is 383. The van der Waals surface area contributed by atoms with Crippen LogP contribution in [0.15, 0.2) is 29.3 Å². The second-order valence-corrected chi connectivity index (χ2v) is 3.85.